The molecule has 3 aromatic rings. The van der Waals surface area contributed by atoms with Crippen LogP contribution >= 0.6 is 15.9 Å². The van der Waals surface area contributed by atoms with E-state index < -0.39 is 5.97 Å². The quantitative estimate of drug-likeness (QED) is 0.382. The minimum absolute atomic E-state index is 0.0534. The molecule has 0 amide bonds. The van der Waals surface area contributed by atoms with E-state index in [9.17, 15) is 9.59 Å². The zero-order valence-electron chi connectivity index (χ0n) is 17.0. The second-order valence-electron chi connectivity index (χ2n) is 6.74. The molecule has 1 aromatic heterocycles. The van der Waals surface area contributed by atoms with Crippen molar-refractivity contribution >= 4 is 39.0 Å². The second-order valence-corrected chi connectivity index (χ2v) is 7.66. The van der Waals surface area contributed by atoms with Crippen LogP contribution in [-0.4, -0.2) is 35.6 Å². The standard InChI is InChI=1S/C22H22BrN3O4/c1-4-14(2)21-25-19-9-8-16(23)11-18(19)22(28)26(21)24-12-15-6-5-7-17(10-15)30-13-20(27)29-3/h5-12,14H,4,13H2,1-3H3/t14-/m1/s1. The van der Waals surface area contributed by atoms with Gasteiger partial charge in [0.2, 0.25) is 0 Å². The van der Waals surface area contributed by atoms with Crippen LogP contribution in [0.1, 0.15) is 37.6 Å². The highest BCUT2D eigenvalue weighted by Crippen LogP contribution is 2.21. The Morgan fingerprint density at radius 2 is 2.10 bits per heavy atom. The number of esters is 1. The fourth-order valence-corrected chi connectivity index (χ4v) is 3.15. The van der Waals surface area contributed by atoms with Crippen molar-refractivity contribution in [1.82, 2.24) is 9.66 Å². The van der Waals surface area contributed by atoms with Crippen LogP contribution in [0.3, 0.4) is 0 Å². The van der Waals surface area contributed by atoms with Gasteiger partial charge in [0.25, 0.3) is 5.56 Å². The minimum Gasteiger partial charge on any atom is -0.482 e. The van der Waals surface area contributed by atoms with Crippen molar-refractivity contribution in [2.45, 2.75) is 26.2 Å². The number of ether oxygens (including phenoxy) is 2. The molecule has 1 atom stereocenters. The number of methoxy groups -OCH3 is 1. The van der Waals surface area contributed by atoms with E-state index >= 15 is 0 Å². The Morgan fingerprint density at radius 3 is 2.83 bits per heavy atom. The lowest BCUT2D eigenvalue weighted by Crippen LogP contribution is -2.23. The molecule has 0 fully saturated rings. The summed E-state index contributed by atoms with van der Waals surface area (Å²) in [4.78, 5) is 29.1. The molecule has 30 heavy (non-hydrogen) atoms. The van der Waals surface area contributed by atoms with E-state index in [1.165, 1.54) is 11.8 Å². The molecule has 2 aromatic carbocycles. The van der Waals surface area contributed by atoms with Gasteiger partial charge in [-0.25, -0.2) is 9.78 Å². The summed E-state index contributed by atoms with van der Waals surface area (Å²) < 4.78 is 12.1. The van der Waals surface area contributed by atoms with Crippen molar-refractivity contribution < 1.29 is 14.3 Å². The molecule has 0 bridgehead atoms. The van der Waals surface area contributed by atoms with Crippen LogP contribution in [0.2, 0.25) is 0 Å². The minimum atomic E-state index is -0.466. The van der Waals surface area contributed by atoms with Gasteiger partial charge in [0.1, 0.15) is 11.6 Å². The van der Waals surface area contributed by atoms with Gasteiger partial charge in [-0.1, -0.05) is 41.9 Å². The summed E-state index contributed by atoms with van der Waals surface area (Å²) in [5.74, 6) is 0.691. The average molecular weight is 472 g/mol. The summed E-state index contributed by atoms with van der Waals surface area (Å²) in [6, 6.07) is 12.5. The normalized spacial score (nSPS) is 12.3. The molecule has 8 heteroatoms. The van der Waals surface area contributed by atoms with Crippen molar-refractivity contribution in [3.63, 3.8) is 0 Å². The molecule has 0 saturated heterocycles. The second kappa shape index (κ2) is 9.67. The monoisotopic (exact) mass is 471 g/mol. The molecule has 3 rings (SSSR count). The number of hydrogen-bond acceptors (Lipinski definition) is 6. The Hall–Kier alpha value is -3.00. The van der Waals surface area contributed by atoms with E-state index in [0.717, 1.165) is 10.9 Å². The molecule has 0 aliphatic rings. The lowest BCUT2D eigenvalue weighted by Gasteiger charge is -2.14. The van der Waals surface area contributed by atoms with Crippen molar-refractivity contribution in [2.75, 3.05) is 13.7 Å². The van der Waals surface area contributed by atoms with Crippen molar-refractivity contribution in [3.8, 4) is 5.75 Å². The molecule has 0 unspecified atom stereocenters. The van der Waals surface area contributed by atoms with Gasteiger partial charge in [-0.05, 0) is 42.3 Å². The summed E-state index contributed by atoms with van der Waals surface area (Å²) in [6.07, 6.45) is 2.39. The molecular weight excluding hydrogens is 450 g/mol. The third kappa shape index (κ3) is 4.94. The van der Waals surface area contributed by atoms with E-state index in [4.69, 9.17) is 4.74 Å². The van der Waals surface area contributed by atoms with Crippen LogP contribution in [0.15, 0.2) is 56.8 Å². The van der Waals surface area contributed by atoms with Gasteiger partial charge in [-0.15, -0.1) is 0 Å². The average Bonchev–Trinajstić information content (AvgIpc) is 2.76. The zero-order valence-corrected chi connectivity index (χ0v) is 18.5. The molecular formula is C22H22BrN3O4. The molecule has 0 aliphatic carbocycles. The number of hydrogen-bond donors (Lipinski definition) is 0. The summed E-state index contributed by atoms with van der Waals surface area (Å²) in [5, 5.41) is 4.92. The van der Waals surface area contributed by atoms with Crippen LogP contribution in [0.5, 0.6) is 5.75 Å². The van der Waals surface area contributed by atoms with E-state index in [-0.39, 0.29) is 18.1 Å². The molecule has 7 nitrogen and oxygen atoms in total. The summed E-state index contributed by atoms with van der Waals surface area (Å²) in [5.41, 5.74) is 1.13. The lowest BCUT2D eigenvalue weighted by molar-refractivity contribution is -0.142. The first kappa shape index (κ1) is 21.7. The Kier molecular flexibility index (Phi) is 6.99. The molecule has 0 aliphatic heterocycles. The highest BCUT2D eigenvalue weighted by Gasteiger charge is 2.15. The summed E-state index contributed by atoms with van der Waals surface area (Å²) in [7, 11) is 1.30. The Bertz CT molecular complexity index is 1160. The number of benzene rings is 2. The molecule has 0 N–H and O–H groups in total. The maximum Gasteiger partial charge on any atom is 0.343 e. The largest absolute Gasteiger partial charge is 0.482 e. The maximum atomic E-state index is 13.1. The third-order valence-corrected chi connectivity index (χ3v) is 5.14. The maximum absolute atomic E-state index is 13.1. The van der Waals surface area contributed by atoms with E-state index in [0.29, 0.717) is 28.0 Å². The fourth-order valence-electron chi connectivity index (χ4n) is 2.79. The summed E-state index contributed by atoms with van der Waals surface area (Å²) in [6.45, 7) is 3.87. The first-order valence-electron chi connectivity index (χ1n) is 9.49. The third-order valence-electron chi connectivity index (χ3n) is 4.65. The molecule has 0 radical (unpaired) electrons. The predicted octanol–water partition coefficient (Wildman–Crippen LogP) is 4.11. The van der Waals surface area contributed by atoms with Gasteiger partial charge in [0.05, 0.1) is 24.2 Å². The number of fused-ring (bicyclic) bond motifs is 1. The van der Waals surface area contributed by atoms with Crippen LogP contribution in [0.4, 0.5) is 0 Å². The van der Waals surface area contributed by atoms with Gasteiger partial charge < -0.3 is 9.47 Å². The van der Waals surface area contributed by atoms with E-state index in [1.807, 2.05) is 32.0 Å². The number of carbonyl (C=O) groups excluding carboxylic acids is 1. The Balaban J connectivity index is 2.00. The predicted molar refractivity (Wildman–Crippen MR) is 119 cm³/mol. The van der Waals surface area contributed by atoms with Crippen molar-refractivity contribution in [3.05, 3.63) is 68.7 Å². The Morgan fingerprint density at radius 1 is 1.30 bits per heavy atom. The van der Waals surface area contributed by atoms with E-state index in [1.54, 1.807) is 30.5 Å². The van der Waals surface area contributed by atoms with Crippen molar-refractivity contribution in [2.24, 2.45) is 5.10 Å². The number of aromatic nitrogens is 2. The van der Waals surface area contributed by atoms with E-state index in [2.05, 4.69) is 30.8 Å². The summed E-state index contributed by atoms with van der Waals surface area (Å²) >= 11 is 3.40. The number of rotatable bonds is 7. The van der Waals surface area contributed by atoms with Gasteiger partial charge in [-0.2, -0.15) is 9.78 Å². The fraction of sp³-hybridized carbons (Fsp3) is 0.273. The topological polar surface area (TPSA) is 82.8 Å². The van der Waals surface area contributed by atoms with Gasteiger partial charge in [-0.3, -0.25) is 4.79 Å². The molecule has 0 saturated carbocycles. The molecule has 0 spiro atoms. The molecule has 1 heterocycles. The smallest absolute Gasteiger partial charge is 0.343 e. The zero-order chi connectivity index (χ0) is 21.7. The van der Waals surface area contributed by atoms with Gasteiger partial charge >= 0.3 is 5.97 Å². The highest BCUT2D eigenvalue weighted by molar-refractivity contribution is 9.10. The number of nitrogens with zero attached hydrogens (tertiary/aromatic N) is 3. The van der Waals surface area contributed by atoms with Crippen LogP contribution < -0.4 is 10.3 Å². The highest BCUT2D eigenvalue weighted by atomic mass is 79.9. The molecule has 156 valence electrons. The SMILES string of the molecule is CC[C@@H](C)c1nc2ccc(Br)cc2c(=O)n1N=Cc1cccc(OCC(=O)OC)c1. The Labute approximate surface area is 182 Å². The van der Waals surface area contributed by atoms with Crippen LogP contribution in [0.25, 0.3) is 10.9 Å². The number of carbonyl (C=O) groups is 1. The first-order chi connectivity index (χ1) is 14.4. The van der Waals surface area contributed by atoms with Crippen LogP contribution in [-0.2, 0) is 9.53 Å². The van der Waals surface area contributed by atoms with Crippen LogP contribution in [0, 0.1) is 0 Å². The first-order valence-corrected chi connectivity index (χ1v) is 10.3. The number of halogens is 1. The van der Waals surface area contributed by atoms with Gasteiger partial charge in [0.15, 0.2) is 6.61 Å². The van der Waals surface area contributed by atoms with Crippen molar-refractivity contribution in [1.29, 1.82) is 0 Å². The lowest BCUT2D eigenvalue weighted by atomic mass is 10.1. The van der Waals surface area contributed by atoms with Gasteiger partial charge in [0, 0.05) is 10.4 Å².